The van der Waals surface area contributed by atoms with Gasteiger partial charge in [-0.25, -0.2) is 0 Å². The molecule has 1 amide bonds. The smallest absolute Gasteiger partial charge is 0.308 e. The van der Waals surface area contributed by atoms with Crippen LogP contribution in [-0.2, 0) is 9.59 Å². The summed E-state index contributed by atoms with van der Waals surface area (Å²) in [4.78, 5) is 25.6. The summed E-state index contributed by atoms with van der Waals surface area (Å²) in [5.41, 5.74) is 0. The first kappa shape index (κ1) is 13.9. The van der Waals surface area contributed by atoms with Crippen molar-refractivity contribution in [2.75, 3.05) is 0 Å². The zero-order valence-electron chi connectivity index (χ0n) is 12.1. The van der Waals surface area contributed by atoms with E-state index in [1.54, 1.807) is 0 Å². The van der Waals surface area contributed by atoms with Gasteiger partial charge < -0.3 is 10.0 Å². The zero-order chi connectivity index (χ0) is 14.1. The number of carboxylic acids is 1. The topological polar surface area (TPSA) is 57.6 Å². The van der Waals surface area contributed by atoms with Gasteiger partial charge in [0.15, 0.2) is 0 Å². The lowest BCUT2D eigenvalue weighted by Crippen LogP contribution is -2.38. The van der Waals surface area contributed by atoms with Crippen LogP contribution in [-0.4, -0.2) is 34.0 Å². The van der Waals surface area contributed by atoms with E-state index in [9.17, 15) is 14.7 Å². The highest BCUT2D eigenvalue weighted by atomic mass is 16.4. The van der Waals surface area contributed by atoms with E-state index in [1.807, 2.05) is 4.90 Å². The van der Waals surface area contributed by atoms with Crippen LogP contribution in [0.15, 0.2) is 0 Å². The first-order valence-corrected chi connectivity index (χ1v) is 8.21. The predicted molar refractivity (Wildman–Crippen MR) is 75.2 cm³/mol. The van der Waals surface area contributed by atoms with Crippen molar-refractivity contribution in [3.8, 4) is 0 Å². The molecule has 0 spiro atoms. The first-order chi connectivity index (χ1) is 9.66. The van der Waals surface area contributed by atoms with Gasteiger partial charge in [0.1, 0.15) is 0 Å². The maximum Gasteiger partial charge on any atom is 0.308 e. The lowest BCUT2D eigenvalue weighted by Gasteiger charge is -2.25. The summed E-state index contributed by atoms with van der Waals surface area (Å²) in [5.74, 6) is -0.0929. The van der Waals surface area contributed by atoms with Crippen molar-refractivity contribution in [2.45, 2.75) is 76.3 Å². The molecule has 1 N–H and O–H groups in total. The highest BCUT2D eigenvalue weighted by Gasteiger charge is 2.50. The third-order valence-corrected chi connectivity index (χ3v) is 5.63. The molecule has 3 unspecified atom stereocenters. The molecule has 3 rings (SSSR count). The van der Waals surface area contributed by atoms with Crippen molar-refractivity contribution in [1.82, 2.24) is 4.90 Å². The minimum absolute atomic E-state index is 0.0173. The molecule has 0 aromatic heterocycles. The Bertz CT molecular complexity index is 389. The number of carbonyl (C=O) groups excluding carboxylic acids is 1. The van der Waals surface area contributed by atoms with Gasteiger partial charge in [0.05, 0.1) is 5.92 Å². The van der Waals surface area contributed by atoms with E-state index < -0.39 is 5.97 Å². The number of nitrogens with zero attached hydrogens (tertiary/aromatic N) is 1. The quantitative estimate of drug-likeness (QED) is 0.861. The molecule has 1 saturated carbocycles. The minimum atomic E-state index is -0.720. The molecule has 20 heavy (non-hydrogen) atoms. The van der Waals surface area contributed by atoms with E-state index in [2.05, 4.69) is 0 Å². The lowest BCUT2D eigenvalue weighted by molar-refractivity contribution is -0.143. The van der Waals surface area contributed by atoms with Gasteiger partial charge in [0, 0.05) is 18.5 Å². The molecular formula is C16H25NO3. The van der Waals surface area contributed by atoms with Crippen LogP contribution in [0, 0.1) is 11.8 Å². The molecule has 3 fully saturated rings. The van der Waals surface area contributed by atoms with Gasteiger partial charge in [-0.3, -0.25) is 9.59 Å². The van der Waals surface area contributed by atoms with E-state index in [4.69, 9.17) is 0 Å². The number of hydrogen-bond donors (Lipinski definition) is 1. The van der Waals surface area contributed by atoms with Crippen LogP contribution in [0.4, 0.5) is 0 Å². The summed E-state index contributed by atoms with van der Waals surface area (Å²) in [7, 11) is 0. The van der Waals surface area contributed by atoms with E-state index in [0.717, 1.165) is 25.2 Å². The molecule has 0 aromatic carbocycles. The van der Waals surface area contributed by atoms with E-state index in [-0.39, 0.29) is 23.9 Å². The lowest BCUT2D eigenvalue weighted by atomic mass is 9.86. The number of fused-ring (bicyclic) bond motifs is 2. The van der Waals surface area contributed by atoms with Crippen molar-refractivity contribution in [1.29, 1.82) is 0 Å². The summed E-state index contributed by atoms with van der Waals surface area (Å²) in [6, 6.07) is 0.191. The van der Waals surface area contributed by atoms with Gasteiger partial charge >= 0.3 is 5.97 Å². The highest BCUT2D eigenvalue weighted by Crippen LogP contribution is 2.42. The Hall–Kier alpha value is -1.06. The van der Waals surface area contributed by atoms with Gasteiger partial charge in [-0.05, 0) is 31.6 Å². The molecule has 2 bridgehead atoms. The fourth-order valence-electron chi connectivity index (χ4n) is 4.58. The van der Waals surface area contributed by atoms with E-state index in [1.165, 1.54) is 32.1 Å². The second kappa shape index (κ2) is 5.74. The first-order valence-electron chi connectivity index (χ1n) is 8.21. The summed E-state index contributed by atoms with van der Waals surface area (Å²) in [5, 5.41) is 9.23. The Labute approximate surface area is 120 Å². The fourth-order valence-corrected chi connectivity index (χ4v) is 4.58. The molecule has 112 valence electrons. The molecule has 0 aromatic rings. The van der Waals surface area contributed by atoms with Gasteiger partial charge in [-0.15, -0.1) is 0 Å². The number of carboxylic acid groups (broad SMARTS) is 1. The molecule has 2 heterocycles. The molecule has 3 aliphatic rings. The van der Waals surface area contributed by atoms with Gasteiger partial charge in [0.25, 0.3) is 0 Å². The van der Waals surface area contributed by atoms with Crippen LogP contribution in [0.5, 0.6) is 0 Å². The second-order valence-corrected chi connectivity index (χ2v) is 6.82. The largest absolute Gasteiger partial charge is 0.481 e. The summed E-state index contributed by atoms with van der Waals surface area (Å²) in [6.07, 6.45) is 10.7. The number of amides is 1. The normalized spacial score (nSPS) is 33.6. The summed E-state index contributed by atoms with van der Waals surface area (Å²) in [6.45, 7) is 0. The average molecular weight is 279 g/mol. The number of carbonyl (C=O) groups is 2. The zero-order valence-corrected chi connectivity index (χ0v) is 12.1. The molecule has 4 heteroatoms. The molecule has 2 aliphatic heterocycles. The van der Waals surface area contributed by atoms with Gasteiger partial charge in [0.2, 0.25) is 5.91 Å². The Morgan fingerprint density at radius 1 is 1.05 bits per heavy atom. The van der Waals surface area contributed by atoms with Gasteiger partial charge in [-0.2, -0.15) is 0 Å². The molecule has 0 radical (unpaired) electrons. The fraction of sp³-hybridized carbons (Fsp3) is 0.875. The van der Waals surface area contributed by atoms with Crippen molar-refractivity contribution in [2.24, 2.45) is 11.8 Å². The Kier molecular flexibility index (Phi) is 3.99. The van der Waals surface area contributed by atoms with Crippen LogP contribution >= 0.6 is 0 Å². The second-order valence-electron chi connectivity index (χ2n) is 6.82. The Morgan fingerprint density at radius 2 is 1.80 bits per heavy atom. The number of hydrogen-bond acceptors (Lipinski definition) is 2. The molecule has 2 saturated heterocycles. The predicted octanol–water partition coefficient (Wildman–Crippen LogP) is 2.81. The van der Waals surface area contributed by atoms with Crippen LogP contribution in [0.1, 0.15) is 64.2 Å². The Balaban J connectivity index is 1.54. The maximum atomic E-state index is 12.4. The number of rotatable bonds is 4. The van der Waals surface area contributed by atoms with Gasteiger partial charge in [-0.1, -0.05) is 32.1 Å². The third kappa shape index (κ3) is 2.57. The van der Waals surface area contributed by atoms with Crippen LogP contribution < -0.4 is 0 Å². The summed E-state index contributed by atoms with van der Waals surface area (Å²) >= 11 is 0. The highest BCUT2D eigenvalue weighted by molar-refractivity contribution is 5.80. The maximum absolute atomic E-state index is 12.4. The molecular weight excluding hydrogens is 254 g/mol. The Morgan fingerprint density at radius 3 is 2.45 bits per heavy atom. The standard InChI is InChI=1S/C16H25NO3/c18-15(9-6-11-4-2-1-3-5-11)17-12-7-8-14(17)13(10-12)16(19)20/h11-14H,1-10H2,(H,19,20). The molecule has 4 nitrogen and oxygen atoms in total. The monoisotopic (exact) mass is 279 g/mol. The SMILES string of the molecule is O=C(O)C1CC2CCC1N2C(=O)CCC1CCCCC1. The van der Waals surface area contributed by atoms with Crippen molar-refractivity contribution < 1.29 is 14.7 Å². The minimum Gasteiger partial charge on any atom is -0.481 e. The molecule has 3 atom stereocenters. The van der Waals surface area contributed by atoms with E-state index >= 15 is 0 Å². The molecule has 1 aliphatic carbocycles. The van der Waals surface area contributed by atoms with Crippen LogP contribution in [0.25, 0.3) is 0 Å². The van der Waals surface area contributed by atoms with E-state index in [0.29, 0.717) is 12.8 Å². The number of aliphatic carboxylic acids is 1. The summed E-state index contributed by atoms with van der Waals surface area (Å²) < 4.78 is 0. The van der Waals surface area contributed by atoms with Crippen LogP contribution in [0.3, 0.4) is 0 Å². The van der Waals surface area contributed by atoms with Crippen molar-refractivity contribution in [3.63, 3.8) is 0 Å². The van der Waals surface area contributed by atoms with Crippen molar-refractivity contribution in [3.05, 3.63) is 0 Å². The van der Waals surface area contributed by atoms with Crippen LogP contribution in [0.2, 0.25) is 0 Å². The average Bonchev–Trinajstić information content (AvgIpc) is 3.03. The van der Waals surface area contributed by atoms with Crippen molar-refractivity contribution >= 4 is 11.9 Å². The third-order valence-electron chi connectivity index (χ3n) is 5.63.